The number of allylic oxidation sites excluding steroid dienone is 6. The molecule has 0 heterocycles. The zero-order valence-electron chi connectivity index (χ0n) is 48.5. The Kier molecular flexibility index (Phi) is 59.2. The second-order valence-electron chi connectivity index (χ2n) is 21.7. The molecule has 0 aliphatic rings. The summed E-state index contributed by atoms with van der Waals surface area (Å²) >= 11 is 0. The van der Waals surface area contributed by atoms with Crippen LogP contribution in [-0.2, 0) is 28.6 Å². The third-order valence-corrected chi connectivity index (χ3v) is 14.4. The molecule has 6 nitrogen and oxygen atoms in total. The molecule has 0 radical (unpaired) electrons. The molecule has 422 valence electrons. The molecule has 0 saturated heterocycles. The molecule has 0 saturated carbocycles. The summed E-state index contributed by atoms with van der Waals surface area (Å²) in [5.74, 6) is -0.867. The zero-order valence-corrected chi connectivity index (χ0v) is 48.5. The SMILES string of the molecule is CCCCC/C=C\C/C=C\CCCCCCCC(=O)OC(COC(=O)CCCCCCCCCCCCCC)COC(=O)CCCCCCCCCCCCCCCCC/C=C\CCCCCCCCCC. The number of unbranched alkanes of at least 4 members (excludes halogenated alkanes) is 42. The molecule has 0 rings (SSSR count). The van der Waals surface area contributed by atoms with Gasteiger partial charge < -0.3 is 14.2 Å². The molecule has 0 fully saturated rings. The van der Waals surface area contributed by atoms with Gasteiger partial charge in [-0.2, -0.15) is 0 Å². The van der Waals surface area contributed by atoms with Crippen LogP contribution in [0.4, 0.5) is 0 Å². The maximum atomic E-state index is 12.9. The molecule has 0 amide bonds. The number of rotatable bonds is 59. The number of hydrogen-bond donors (Lipinski definition) is 0. The second-order valence-corrected chi connectivity index (χ2v) is 21.7. The number of carbonyl (C=O) groups excluding carboxylic acids is 3. The van der Waals surface area contributed by atoms with E-state index in [4.69, 9.17) is 14.2 Å². The first kappa shape index (κ1) is 69.6. The molecular formula is C66H122O6. The third kappa shape index (κ3) is 58.5. The topological polar surface area (TPSA) is 78.9 Å². The molecule has 6 heteroatoms. The fourth-order valence-corrected chi connectivity index (χ4v) is 9.53. The summed E-state index contributed by atoms with van der Waals surface area (Å²) in [6, 6.07) is 0. The minimum Gasteiger partial charge on any atom is -0.462 e. The van der Waals surface area contributed by atoms with Gasteiger partial charge in [-0.15, -0.1) is 0 Å². The van der Waals surface area contributed by atoms with Gasteiger partial charge in [0.25, 0.3) is 0 Å². The Morgan fingerprint density at radius 3 is 0.806 bits per heavy atom. The highest BCUT2D eigenvalue weighted by Gasteiger charge is 2.19. The molecule has 1 atom stereocenters. The number of hydrogen-bond acceptors (Lipinski definition) is 6. The van der Waals surface area contributed by atoms with E-state index in [-0.39, 0.29) is 31.1 Å². The smallest absolute Gasteiger partial charge is 0.306 e. The Morgan fingerprint density at radius 1 is 0.278 bits per heavy atom. The summed E-state index contributed by atoms with van der Waals surface area (Å²) in [6.07, 6.45) is 74.5. The lowest BCUT2D eigenvalue weighted by Gasteiger charge is -2.18. The monoisotopic (exact) mass is 1010 g/mol. The maximum absolute atomic E-state index is 12.9. The quantitative estimate of drug-likeness (QED) is 0.0261. The van der Waals surface area contributed by atoms with Gasteiger partial charge in [0.2, 0.25) is 0 Å². The van der Waals surface area contributed by atoms with Crippen molar-refractivity contribution in [1.82, 2.24) is 0 Å². The van der Waals surface area contributed by atoms with Crippen molar-refractivity contribution in [3.63, 3.8) is 0 Å². The normalized spacial score (nSPS) is 12.2. The van der Waals surface area contributed by atoms with Crippen LogP contribution in [0.15, 0.2) is 36.5 Å². The Labute approximate surface area is 448 Å². The van der Waals surface area contributed by atoms with Crippen molar-refractivity contribution >= 4 is 17.9 Å². The average Bonchev–Trinajstić information content (AvgIpc) is 3.38. The van der Waals surface area contributed by atoms with E-state index in [9.17, 15) is 14.4 Å². The predicted octanol–water partition coefficient (Wildman–Crippen LogP) is 21.6. The summed E-state index contributed by atoms with van der Waals surface area (Å²) in [5, 5.41) is 0. The van der Waals surface area contributed by atoms with Crippen LogP contribution in [0.25, 0.3) is 0 Å². The third-order valence-electron chi connectivity index (χ3n) is 14.4. The van der Waals surface area contributed by atoms with Crippen LogP contribution in [0.2, 0.25) is 0 Å². The fraction of sp³-hybridized carbons (Fsp3) is 0.864. The van der Waals surface area contributed by atoms with Crippen LogP contribution in [0.5, 0.6) is 0 Å². The van der Waals surface area contributed by atoms with E-state index in [0.29, 0.717) is 19.3 Å². The van der Waals surface area contributed by atoms with E-state index in [1.165, 1.54) is 225 Å². The first-order valence-electron chi connectivity index (χ1n) is 32.0. The van der Waals surface area contributed by atoms with Gasteiger partial charge in [-0.1, -0.05) is 288 Å². The van der Waals surface area contributed by atoms with E-state index < -0.39 is 6.10 Å². The first-order chi connectivity index (χ1) is 35.5. The van der Waals surface area contributed by atoms with Crippen LogP contribution >= 0.6 is 0 Å². The summed E-state index contributed by atoms with van der Waals surface area (Å²) in [7, 11) is 0. The molecule has 0 bridgehead atoms. The maximum Gasteiger partial charge on any atom is 0.306 e. The molecule has 0 aromatic carbocycles. The largest absolute Gasteiger partial charge is 0.462 e. The lowest BCUT2D eigenvalue weighted by molar-refractivity contribution is -0.167. The van der Waals surface area contributed by atoms with Crippen LogP contribution in [0.3, 0.4) is 0 Å². The molecule has 0 N–H and O–H groups in total. The van der Waals surface area contributed by atoms with Gasteiger partial charge in [-0.3, -0.25) is 14.4 Å². The molecule has 72 heavy (non-hydrogen) atoms. The standard InChI is InChI=1S/C66H122O6/c1-4-7-10-13-16-19-22-25-27-28-29-30-31-32-33-34-35-36-37-38-40-41-44-47-50-53-56-59-65(68)71-62-63(61-70-64(67)58-55-52-49-46-43-24-21-18-15-12-9-6-3)72-66(69)60-57-54-51-48-45-42-39-26-23-20-17-14-11-8-5-2/h17,20,26,28-29,39,63H,4-16,18-19,21-25,27,30-38,40-62H2,1-3H3/b20-17-,29-28-,39-26-. The predicted molar refractivity (Wildman–Crippen MR) is 312 cm³/mol. The lowest BCUT2D eigenvalue weighted by Crippen LogP contribution is -2.30. The van der Waals surface area contributed by atoms with Gasteiger partial charge in [0.15, 0.2) is 6.10 Å². The van der Waals surface area contributed by atoms with Gasteiger partial charge in [-0.05, 0) is 77.0 Å². The van der Waals surface area contributed by atoms with Crippen molar-refractivity contribution in [1.29, 1.82) is 0 Å². The summed E-state index contributed by atoms with van der Waals surface area (Å²) in [4.78, 5) is 38.2. The highest BCUT2D eigenvalue weighted by molar-refractivity contribution is 5.71. The highest BCUT2D eigenvalue weighted by Crippen LogP contribution is 2.17. The second kappa shape index (κ2) is 61.2. The van der Waals surface area contributed by atoms with Crippen LogP contribution < -0.4 is 0 Å². The van der Waals surface area contributed by atoms with Gasteiger partial charge in [0.05, 0.1) is 0 Å². The Bertz CT molecular complexity index is 1210. The molecular weight excluding hydrogens is 889 g/mol. The van der Waals surface area contributed by atoms with E-state index in [0.717, 1.165) is 83.5 Å². The number of ether oxygens (including phenoxy) is 3. The van der Waals surface area contributed by atoms with Gasteiger partial charge in [0, 0.05) is 19.3 Å². The minimum atomic E-state index is -0.776. The van der Waals surface area contributed by atoms with Crippen molar-refractivity contribution in [2.45, 2.75) is 354 Å². The molecule has 0 aliphatic heterocycles. The van der Waals surface area contributed by atoms with Crippen LogP contribution in [0.1, 0.15) is 348 Å². The van der Waals surface area contributed by atoms with Gasteiger partial charge >= 0.3 is 17.9 Å². The molecule has 0 aromatic heterocycles. The van der Waals surface area contributed by atoms with Gasteiger partial charge in [-0.25, -0.2) is 0 Å². The highest BCUT2D eigenvalue weighted by atomic mass is 16.6. The molecule has 0 aromatic rings. The van der Waals surface area contributed by atoms with Crippen molar-refractivity contribution < 1.29 is 28.6 Å². The summed E-state index contributed by atoms with van der Waals surface area (Å²) < 4.78 is 16.9. The summed E-state index contributed by atoms with van der Waals surface area (Å²) in [6.45, 7) is 6.65. The van der Waals surface area contributed by atoms with Crippen LogP contribution in [0, 0.1) is 0 Å². The fourth-order valence-electron chi connectivity index (χ4n) is 9.53. The van der Waals surface area contributed by atoms with Crippen LogP contribution in [-0.4, -0.2) is 37.2 Å². The Balaban J connectivity index is 4.18. The number of carbonyl (C=O) groups is 3. The Hall–Kier alpha value is -2.37. The van der Waals surface area contributed by atoms with Crippen molar-refractivity contribution in [2.24, 2.45) is 0 Å². The van der Waals surface area contributed by atoms with E-state index in [1.807, 2.05) is 0 Å². The lowest BCUT2D eigenvalue weighted by atomic mass is 10.0. The molecule has 0 aliphatic carbocycles. The Morgan fingerprint density at radius 2 is 0.500 bits per heavy atom. The van der Waals surface area contributed by atoms with Crippen molar-refractivity contribution in [3.8, 4) is 0 Å². The van der Waals surface area contributed by atoms with E-state index >= 15 is 0 Å². The summed E-state index contributed by atoms with van der Waals surface area (Å²) in [5.41, 5.74) is 0. The van der Waals surface area contributed by atoms with E-state index in [1.54, 1.807) is 0 Å². The molecule has 0 spiro atoms. The average molecular weight is 1010 g/mol. The van der Waals surface area contributed by atoms with Crippen molar-refractivity contribution in [3.05, 3.63) is 36.5 Å². The minimum absolute atomic E-state index is 0.0734. The first-order valence-corrected chi connectivity index (χ1v) is 32.0. The zero-order chi connectivity index (χ0) is 52.2. The number of esters is 3. The van der Waals surface area contributed by atoms with E-state index in [2.05, 4.69) is 57.2 Å². The molecule has 1 unspecified atom stereocenters. The van der Waals surface area contributed by atoms with Crippen molar-refractivity contribution in [2.75, 3.05) is 13.2 Å². The van der Waals surface area contributed by atoms with Gasteiger partial charge in [0.1, 0.15) is 13.2 Å².